The summed E-state index contributed by atoms with van der Waals surface area (Å²) in [5.41, 5.74) is 1.68. The number of rotatable bonds is 5. The Balaban J connectivity index is 1.32. The fraction of sp³-hybridized carbons (Fsp3) is 0.565. The second kappa shape index (κ2) is 8.28. The number of halogens is 1. The summed E-state index contributed by atoms with van der Waals surface area (Å²) in [5.74, 6) is 0.677. The minimum absolute atomic E-state index is 0.119. The minimum atomic E-state index is -0.373. The largest absolute Gasteiger partial charge is 0.355 e. The zero-order valence-corrected chi connectivity index (χ0v) is 17.1. The van der Waals surface area contributed by atoms with Gasteiger partial charge >= 0.3 is 0 Å². The highest BCUT2D eigenvalue weighted by Gasteiger charge is 2.51. The van der Waals surface area contributed by atoms with E-state index in [1.807, 2.05) is 29.2 Å². The van der Waals surface area contributed by atoms with Gasteiger partial charge in [-0.3, -0.25) is 9.59 Å². The standard InChI is InChI=1S/C23H29ClN2O2/c24-20-10-8-19(9-11-20)23(12-13-23)22(28)25-15-17-5-4-14-26(16-17)21(27)18-6-2-1-3-7-18/h6,8-11,17H,1-5,7,12-16H2,(H,25,28)/t17-/m1/s1. The lowest BCUT2D eigenvalue weighted by atomic mass is 9.93. The molecular formula is C23H29ClN2O2. The van der Waals surface area contributed by atoms with Crippen LogP contribution in [-0.2, 0) is 15.0 Å². The maximum Gasteiger partial charge on any atom is 0.249 e. The molecule has 1 saturated heterocycles. The number of likely N-dealkylation sites (tertiary alicyclic amines) is 1. The van der Waals surface area contributed by atoms with Gasteiger partial charge in [0, 0.05) is 30.2 Å². The van der Waals surface area contributed by atoms with Crippen LogP contribution in [0.15, 0.2) is 35.9 Å². The molecule has 28 heavy (non-hydrogen) atoms. The van der Waals surface area contributed by atoms with Crippen molar-refractivity contribution >= 4 is 23.4 Å². The molecule has 1 atom stereocenters. The van der Waals surface area contributed by atoms with E-state index < -0.39 is 0 Å². The maximum absolute atomic E-state index is 12.9. The predicted octanol–water partition coefficient (Wildman–Crippen LogP) is 4.23. The van der Waals surface area contributed by atoms with Crippen molar-refractivity contribution in [3.05, 3.63) is 46.5 Å². The average molecular weight is 401 g/mol. The molecule has 1 N–H and O–H groups in total. The molecule has 1 saturated carbocycles. The third-order valence-electron chi connectivity index (χ3n) is 6.50. The Kier molecular flexibility index (Phi) is 5.77. The van der Waals surface area contributed by atoms with E-state index in [0.717, 1.165) is 69.2 Å². The van der Waals surface area contributed by atoms with E-state index in [4.69, 9.17) is 11.6 Å². The second-order valence-corrected chi connectivity index (χ2v) is 8.97. The SMILES string of the molecule is O=C(C1=CCCCC1)N1CCC[C@H](CNC(=O)C2(c3ccc(Cl)cc3)CC2)C1. The van der Waals surface area contributed by atoms with Gasteiger partial charge in [-0.05, 0) is 75.0 Å². The smallest absolute Gasteiger partial charge is 0.249 e. The van der Waals surface area contributed by atoms with E-state index >= 15 is 0 Å². The zero-order valence-electron chi connectivity index (χ0n) is 16.4. The molecule has 1 aliphatic heterocycles. The van der Waals surface area contributed by atoms with Crippen LogP contribution in [0.5, 0.6) is 0 Å². The van der Waals surface area contributed by atoms with Crippen LogP contribution in [-0.4, -0.2) is 36.3 Å². The Morgan fingerprint density at radius 1 is 1.14 bits per heavy atom. The van der Waals surface area contributed by atoms with Crippen LogP contribution in [0.3, 0.4) is 0 Å². The van der Waals surface area contributed by atoms with Crippen molar-refractivity contribution in [1.82, 2.24) is 10.2 Å². The topological polar surface area (TPSA) is 49.4 Å². The molecule has 150 valence electrons. The van der Waals surface area contributed by atoms with Gasteiger partial charge in [0.1, 0.15) is 0 Å². The Bertz CT molecular complexity index is 767. The van der Waals surface area contributed by atoms with Gasteiger partial charge in [-0.1, -0.05) is 29.8 Å². The molecule has 3 aliphatic rings. The van der Waals surface area contributed by atoms with Gasteiger partial charge < -0.3 is 10.2 Å². The minimum Gasteiger partial charge on any atom is -0.355 e. The number of carbonyl (C=O) groups is 2. The molecule has 0 radical (unpaired) electrons. The van der Waals surface area contributed by atoms with Gasteiger partial charge in [0.2, 0.25) is 11.8 Å². The van der Waals surface area contributed by atoms with Crippen molar-refractivity contribution in [1.29, 1.82) is 0 Å². The number of allylic oxidation sites excluding steroid dienone is 1. The lowest BCUT2D eigenvalue weighted by Crippen LogP contribution is -2.45. The third-order valence-corrected chi connectivity index (χ3v) is 6.76. The first-order chi connectivity index (χ1) is 13.6. The first-order valence-corrected chi connectivity index (χ1v) is 11.0. The van der Waals surface area contributed by atoms with Crippen molar-refractivity contribution in [3.63, 3.8) is 0 Å². The first-order valence-electron chi connectivity index (χ1n) is 10.6. The molecule has 4 nitrogen and oxygen atoms in total. The molecule has 1 heterocycles. The zero-order chi connectivity index (χ0) is 19.6. The Morgan fingerprint density at radius 2 is 1.93 bits per heavy atom. The molecule has 2 amide bonds. The molecule has 1 aromatic rings. The van der Waals surface area contributed by atoms with Gasteiger partial charge in [0.15, 0.2) is 0 Å². The number of piperidine rings is 1. The number of hydrogen-bond donors (Lipinski definition) is 1. The molecule has 0 aromatic heterocycles. The number of carbonyl (C=O) groups excluding carboxylic acids is 2. The molecule has 5 heteroatoms. The van der Waals surface area contributed by atoms with E-state index in [1.165, 1.54) is 6.42 Å². The van der Waals surface area contributed by atoms with E-state index in [1.54, 1.807) is 0 Å². The average Bonchev–Trinajstić information content (AvgIpc) is 3.55. The van der Waals surface area contributed by atoms with Gasteiger partial charge in [-0.15, -0.1) is 0 Å². The fourth-order valence-corrected chi connectivity index (χ4v) is 4.72. The Labute approximate surface area is 172 Å². The summed E-state index contributed by atoms with van der Waals surface area (Å²) in [6, 6.07) is 7.64. The summed E-state index contributed by atoms with van der Waals surface area (Å²) in [6.45, 7) is 2.25. The second-order valence-electron chi connectivity index (χ2n) is 8.53. The van der Waals surface area contributed by atoms with Crippen LogP contribution in [0.2, 0.25) is 5.02 Å². The van der Waals surface area contributed by atoms with Crippen molar-refractivity contribution in [2.45, 2.75) is 56.8 Å². The highest BCUT2D eigenvalue weighted by atomic mass is 35.5. The van der Waals surface area contributed by atoms with Crippen LogP contribution < -0.4 is 5.32 Å². The van der Waals surface area contributed by atoms with Gasteiger partial charge in [-0.25, -0.2) is 0 Å². The monoisotopic (exact) mass is 400 g/mol. The molecule has 2 fully saturated rings. The normalized spacial score (nSPS) is 23.7. The highest BCUT2D eigenvalue weighted by molar-refractivity contribution is 6.30. The van der Waals surface area contributed by atoms with E-state index in [2.05, 4.69) is 11.4 Å². The Hall–Kier alpha value is -1.81. The lowest BCUT2D eigenvalue weighted by molar-refractivity contribution is -0.129. The molecule has 0 bridgehead atoms. The predicted molar refractivity (Wildman–Crippen MR) is 111 cm³/mol. The van der Waals surface area contributed by atoms with E-state index in [-0.39, 0.29) is 17.2 Å². The lowest BCUT2D eigenvalue weighted by Gasteiger charge is -2.34. The molecule has 4 rings (SSSR count). The van der Waals surface area contributed by atoms with Crippen molar-refractivity contribution in [2.75, 3.05) is 19.6 Å². The van der Waals surface area contributed by atoms with E-state index in [0.29, 0.717) is 17.5 Å². The van der Waals surface area contributed by atoms with Crippen LogP contribution in [0, 0.1) is 5.92 Å². The molecule has 0 unspecified atom stereocenters. The van der Waals surface area contributed by atoms with Crippen LogP contribution in [0.1, 0.15) is 56.9 Å². The van der Waals surface area contributed by atoms with Gasteiger partial charge in [0.25, 0.3) is 0 Å². The maximum atomic E-state index is 12.9. The fourth-order valence-electron chi connectivity index (χ4n) is 4.60. The Morgan fingerprint density at radius 3 is 2.61 bits per heavy atom. The quantitative estimate of drug-likeness (QED) is 0.804. The molecule has 2 aliphatic carbocycles. The number of amides is 2. The molecule has 1 aromatic carbocycles. The highest BCUT2D eigenvalue weighted by Crippen LogP contribution is 2.48. The van der Waals surface area contributed by atoms with Crippen LogP contribution in [0.4, 0.5) is 0 Å². The number of hydrogen-bond acceptors (Lipinski definition) is 2. The summed E-state index contributed by atoms with van der Waals surface area (Å²) < 4.78 is 0. The molecular weight excluding hydrogens is 372 g/mol. The van der Waals surface area contributed by atoms with Crippen LogP contribution >= 0.6 is 11.6 Å². The summed E-state index contributed by atoms with van der Waals surface area (Å²) in [7, 11) is 0. The van der Waals surface area contributed by atoms with E-state index in [9.17, 15) is 9.59 Å². The summed E-state index contributed by atoms with van der Waals surface area (Å²) in [6.07, 6.45) is 10.3. The summed E-state index contributed by atoms with van der Waals surface area (Å²) in [5, 5.41) is 3.88. The number of benzene rings is 1. The summed E-state index contributed by atoms with van der Waals surface area (Å²) >= 11 is 5.98. The third kappa shape index (κ3) is 4.12. The van der Waals surface area contributed by atoms with Crippen LogP contribution in [0.25, 0.3) is 0 Å². The van der Waals surface area contributed by atoms with Crippen molar-refractivity contribution < 1.29 is 9.59 Å². The summed E-state index contributed by atoms with van der Waals surface area (Å²) in [4.78, 5) is 27.7. The van der Waals surface area contributed by atoms with Crippen molar-refractivity contribution in [2.24, 2.45) is 5.92 Å². The number of nitrogens with zero attached hydrogens (tertiary/aromatic N) is 1. The van der Waals surface area contributed by atoms with Gasteiger partial charge in [-0.2, -0.15) is 0 Å². The number of nitrogens with one attached hydrogen (secondary N) is 1. The van der Waals surface area contributed by atoms with Crippen molar-refractivity contribution in [3.8, 4) is 0 Å². The van der Waals surface area contributed by atoms with Gasteiger partial charge in [0.05, 0.1) is 5.41 Å². The molecule has 0 spiro atoms. The first kappa shape index (κ1) is 19.5.